The molecule has 114 valence electrons. The monoisotopic (exact) mass is 274 g/mol. The quantitative estimate of drug-likeness (QED) is 0.587. The third-order valence-electron chi connectivity index (χ3n) is 3.67. The van der Waals surface area contributed by atoms with E-state index in [0.29, 0.717) is 19.6 Å². The van der Waals surface area contributed by atoms with Crippen LogP contribution in [-0.2, 0) is 4.74 Å². The van der Waals surface area contributed by atoms with E-state index in [1.165, 1.54) is 0 Å². The van der Waals surface area contributed by atoms with E-state index in [9.17, 15) is 10.2 Å². The van der Waals surface area contributed by atoms with Gasteiger partial charge in [-0.05, 0) is 19.8 Å². The predicted molar refractivity (Wildman–Crippen MR) is 76.3 cm³/mol. The van der Waals surface area contributed by atoms with Gasteiger partial charge < -0.3 is 14.9 Å². The standard InChI is InChI=1S/C14H30N2O3/c1-3-13(17)11-15-6-8-16(9-7-15)12-14(18)5-10-19-4-2/h13-14,17-18H,3-12H2,1-2H3/t13-,14+/m1/s1. The average molecular weight is 274 g/mol. The zero-order valence-corrected chi connectivity index (χ0v) is 12.4. The summed E-state index contributed by atoms with van der Waals surface area (Å²) < 4.78 is 5.25. The van der Waals surface area contributed by atoms with Crippen LogP contribution < -0.4 is 0 Å². The zero-order chi connectivity index (χ0) is 14.1. The molecule has 1 fully saturated rings. The smallest absolute Gasteiger partial charge is 0.0689 e. The first-order valence-corrected chi connectivity index (χ1v) is 7.54. The summed E-state index contributed by atoms with van der Waals surface area (Å²) in [6.45, 7) is 10.8. The van der Waals surface area contributed by atoms with Gasteiger partial charge in [0.15, 0.2) is 0 Å². The summed E-state index contributed by atoms with van der Waals surface area (Å²) in [5.74, 6) is 0. The van der Waals surface area contributed by atoms with Crippen molar-refractivity contribution in [2.45, 2.75) is 38.9 Å². The van der Waals surface area contributed by atoms with E-state index in [1.807, 2.05) is 13.8 Å². The summed E-state index contributed by atoms with van der Waals surface area (Å²) in [5.41, 5.74) is 0. The second kappa shape index (κ2) is 9.66. The van der Waals surface area contributed by atoms with Crippen LogP contribution in [0, 0.1) is 0 Å². The minimum absolute atomic E-state index is 0.205. The van der Waals surface area contributed by atoms with Crippen molar-refractivity contribution >= 4 is 0 Å². The lowest BCUT2D eigenvalue weighted by Gasteiger charge is -2.36. The Morgan fingerprint density at radius 2 is 1.47 bits per heavy atom. The summed E-state index contributed by atoms with van der Waals surface area (Å²) in [5, 5.41) is 19.5. The summed E-state index contributed by atoms with van der Waals surface area (Å²) in [6.07, 6.45) is 1.03. The number of nitrogens with zero attached hydrogens (tertiary/aromatic N) is 2. The summed E-state index contributed by atoms with van der Waals surface area (Å²) in [4.78, 5) is 4.60. The number of aliphatic hydroxyl groups is 2. The van der Waals surface area contributed by atoms with Gasteiger partial charge in [0, 0.05) is 52.5 Å². The van der Waals surface area contributed by atoms with E-state index >= 15 is 0 Å². The van der Waals surface area contributed by atoms with Gasteiger partial charge >= 0.3 is 0 Å². The van der Waals surface area contributed by atoms with Crippen molar-refractivity contribution in [1.29, 1.82) is 0 Å². The van der Waals surface area contributed by atoms with Gasteiger partial charge in [0.25, 0.3) is 0 Å². The molecular formula is C14H30N2O3. The van der Waals surface area contributed by atoms with Crippen molar-refractivity contribution in [3.05, 3.63) is 0 Å². The SMILES string of the molecule is CCOCC[C@H](O)CN1CCN(C[C@H](O)CC)CC1. The van der Waals surface area contributed by atoms with Gasteiger partial charge in [-0.25, -0.2) is 0 Å². The molecule has 5 nitrogen and oxygen atoms in total. The number of piperazine rings is 1. The van der Waals surface area contributed by atoms with Crippen LogP contribution in [0.2, 0.25) is 0 Å². The maximum Gasteiger partial charge on any atom is 0.0689 e. The number of β-amino-alcohol motifs (C(OH)–C–C–N with tert-alkyl or cyclic N) is 2. The van der Waals surface area contributed by atoms with Gasteiger partial charge in [-0.3, -0.25) is 9.80 Å². The van der Waals surface area contributed by atoms with Gasteiger partial charge in [-0.1, -0.05) is 6.92 Å². The predicted octanol–water partition coefficient (Wildman–Crippen LogP) is 0.162. The van der Waals surface area contributed by atoms with Crippen LogP contribution >= 0.6 is 0 Å². The van der Waals surface area contributed by atoms with Gasteiger partial charge in [0.1, 0.15) is 0 Å². The molecule has 0 radical (unpaired) electrons. The van der Waals surface area contributed by atoms with E-state index in [0.717, 1.165) is 45.7 Å². The van der Waals surface area contributed by atoms with E-state index in [2.05, 4.69) is 9.80 Å². The molecule has 0 amide bonds. The highest BCUT2D eigenvalue weighted by atomic mass is 16.5. The molecule has 0 saturated carbocycles. The number of hydrogen-bond donors (Lipinski definition) is 2. The molecule has 19 heavy (non-hydrogen) atoms. The van der Waals surface area contributed by atoms with E-state index in [1.54, 1.807) is 0 Å². The van der Waals surface area contributed by atoms with E-state index in [-0.39, 0.29) is 12.2 Å². The van der Waals surface area contributed by atoms with Gasteiger partial charge in [0.05, 0.1) is 12.2 Å². The van der Waals surface area contributed by atoms with Crippen LogP contribution in [0.3, 0.4) is 0 Å². The largest absolute Gasteiger partial charge is 0.392 e. The van der Waals surface area contributed by atoms with Gasteiger partial charge in [-0.2, -0.15) is 0 Å². The lowest BCUT2D eigenvalue weighted by Crippen LogP contribution is -2.50. The third-order valence-corrected chi connectivity index (χ3v) is 3.67. The number of hydrogen-bond acceptors (Lipinski definition) is 5. The third kappa shape index (κ3) is 7.22. The van der Waals surface area contributed by atoms with E-state index in [4.69, 9.17) is 4.74 Å². The highest BCUT2D eigenvalue weighted by Crippen LogP contribution is 2.06. The first-order chi connectivity index (χ1) is 9.15. The fourth-order valence-corrected chi connectivity index (χ4v) is 2.33. The fourth-order valence-electron chi connectivity index (χ4n) is 2.33. The molecule has 0 bridgehead atoms. The summed E-state index contributed by atoms with van der Waals surface area (Å²) in [6, 6.07) is 0. The normalized spacial score (nSPS) is 21.5. The molecule has 2 atom stereocenters. The molecule has 1 aliphatic heterocycles. The Bertz CT molecular complexity index is 221. The second-order valence-corrected chi connectivity index (χ2v) is 5.30. The average Bonchev–Trinajstić information content (AvgIpc) is 2.41. The minimum atomic E-state index is -0.292. The topological polar surface area (TPSA) is 56.2 Å². The van der Waals surface area contributed by atoms with Crippen molar-refractivity contribution in [2.24, 2.45) is 0 Å². The Morgan fingerprint density at radius 3 is 1.95 bits per heavy atom. The number of ether oxygens (including phenoxy) is 1. The van der Waals surface area contributed by atoms with Gasteiger partial charge in [-0.15, -0.1) is 0 Å². The zero-order valence-electron chi connectivity index (χ0n) is 12.4. The molecule has 0 aromatic carbocycles. The molecule has 0 aliphatic carbocycles. The minimum Gasteiger partial charge on any atom is -0.392 e. The second-order valence-electron chi connectivity index (χ2n) is 5.30. The molecule has 5 heteroatoms. The van der Waals surface area contributed by atoms with Crippen LogP contribution in [0.1, 0.15) is 26.7 Å². The van der Waals surface area contributed by atoms with Crippen LogP contribution in [0.15, 0.2) is 0 Å². The highest BCUT2D eigenvalue weighted by Gasteiger charge is 2.20. The Morgan fingerprint density at radius 1 is 0.947 bits per heavy atom. The van der Waals surface area contributed by atoms with E-state index < -0.39 is 0 Å². The lowest BCUT2D eigenvalue weighted by atomic mass is 10.2. The number of aliphatic hydroxyl groups excluding tert-OH is 2. The Hall–Kier alpha value is -0.200. The maximum absolute atomic E-state index is 9.90. The first-order valence-electron chi connectivity index (χ1n) is 7.54. The molecule has 2 N–H and O–H groups in total. The Kier molecular flexibility index (Phi) is 8.57. The molecule has 1 saturated heterocycles. The molecule has 0 spiro atoms. The van der Waals surface area contributed by atoms with Crippen LogP contribution in [0.25, 0.3) is 0 Å². The molecule has 1 rings (SSSR count). The summed E-state index contributed by atoms with van der Waals surface area (Å²) >= 11 is 0. The molecule has 0 aromatic heterocycles. The molecule has 1 heterocycles. The fraction of sp³-hybridized carbons (Fsp3) is 1.00. The molecular weight excluding hydrogens is 244 g/mol. The molecule has 0 unspecified atom stereocenters. The Balaban J connectivity index is 2.12. The molecule has 1 aliphatic rings. The molecule has 0 aromatic rings. The maximum atomic E-state index is 9.90. The first kappa shape index (κ1) is 16.9. The van der Waals surface area contributed by atoms with Crippen molar-refractivity contribution in [1.82, 2.24) is 9.80 Å². The van der Waals surface area contributed by atoms with Crippen molar-refractivity contribution in [3.63, 3.8) is 0 Å². The van der Waals surface area contributed by atoms with Crippen molar-refractivity contribution < 1.29 is 14.9 Å². The Labute approximate surface area is 117 Å². The van der Waals surface area contributed by atoms with Crippen LogP contribution in [-0.4, -0.2) is 84.7 Å². The summed E-state index contributed by atoms with van der Waals surface area (Å²) in [7, 11) is 0. The van der Waals surface area contributed by atoms with Crippen molar-refractivity contribution in [3.8, 4) is 0 Å². The van der Waals surface area contributed by atoms with Crippen LogP contribution in [0.4, 0.5) is 0 Å². The van der Waals surface area contributed by atoms with Gasteiger partial charge in [0.2, 0.25) is 0 Å². The van der Waals surface area contributed by atoms with Crippen LogP contribution in [0.5, 0.6) is 0 Å². The number of rotatable bonds is 9. The highest BCUT2D eigenvalue weighted by molar-refractivity contribution is 4.75. The lowest BCUT2D eigenvalue weighted by molar-refractivity contribution is 0.0337. The van der Waals surface area contributed by atoms with Crippen molar-refractivity contribution in [2.75, 3.05) is 52.5 Å².